The Kier molecular flexibility index (Phi) is 9.22. The van der Waals surface area contributed by atoms with Gasteiger partial charge >= 0.3 is 0 Å². The van der Waals surface area contributed by atoms with Gasteiger partial charge < -0.3 is 9.47 Å². The van der Waals surface area contributed by atoms with E-state index in [0.29, 0.717) is 22.9 Å². The molecule has 42 heavy (non-hydrogen) atoms. The van der Waals surface area contributed by atoms with Crippen molar-refractivity contribution in [1.29, 1.82) is 0 Å². The van der Waals surface area contributed by atoms with Gasteiger partial charge in [0.2, 0.25) is 0 Å². The number of benzene rings is 4. The second kappa shape index (κ2) is 12.8. The lowest BCUT2D eigenvalue weighted by Gasteiger charge is -2.06. The summed E-state index contributed by atoms with van der Waals surface area (Å²) in [5, 5.41) is 16.1. The van der Waals surface area contributed by atoms with Gasteiger partial charge in [-0.25, -0.2) is 0 Å². The summed E-state index contributed by atoms with van der Waals surface area (Å²) in [7, 11) is -6.36. The van der Waals surface area contributed by atoms with E-state index < -0.39 is 30.0 Å². The fourth-order valence-corrected chi connectivity index (χ4v) is 5.01. The van der Waals surface area contributed by atoms with E-state index in [9.17, 15) is 25.9 Å². The van der Waals surface area contributed by atoms with Crippen LogP contribution in [0.5, 0.6) is 11.5 Å². The van der Waals surface area contributed by atoms with Gasteiger partial charge in [-0.1, -0.05) is 24.3 Å². The minimum atomic E-state index is -4.71. The maximum atomic E-state index is 12.1. The molecule has 0 aromatic heterocycles. The monoisotopic (exact) mass is 608 g/mol. The Balaban J connectivity index is 1.63. The van der Waals surface area contributed by atoms with E-state index in [-0.39, 0.29) is 22.5 Å². The third-order valence-corrected chi connectivity index (χ3v) is 7.52. The molecule has 14 heteroatoms. The van der Waals surface area contributed by atoms with Gasteiger partial charge in [0, 0.05) is 0 Å². The van der Waals surface area contributed by atoms with Crippen molar-refractivity contribution in [3.05, 3.63) is 96.1 Å². The van der Waals surface area contributed by atoms with Gasteiger partial charge in [-0.05, 0) is 83.9 Å². The summed E-state index contributed by atoms with van der Waals surface area (Å²) < 4.78 is 78.3. The maximum Gasteiger partial charge on any atom is 0.295 e. The summed E-state index contributed by atoms with van der Waals surface area (Å²) in [6.45, 7) is 0. The number of hydrogen-bond donors (Lipinski definition) is 2. The molecule has 0 spiro atoms. The van der Waals surface area contributed by atoms with Gasteiger partial charge in [-0.15, -0.1) is 0 Å². The average Bonchev–Trinajstić information content (AvgIpc) is 2.98. The van der Waals surface area contributed by atoms with E-state index in [1.165, 1.54) is 50.6 Å². The Morgan fingerprint density at radius 3 is 1.14 bits per heavy atom. The number of hydrogen-bond acceptors (Lipinski definition) is 10. The molecular weight excluding hydrogens is 584 g/mol. The van der Waals surface area contributed by atoms with Gasteiger partial charge in [-0.2, -0.15) is 37.3 Å². The van der Waals surface area contributed by atoms with E-state index in [1.54, 1.807) is 48.5 Å². The lowest BCUT2D eigenvalue weighted by Crippen LogP contribution is -2.01. The third kappa shape index (κ3) is 7.92. The highest BCUT2D eigenvalue weighted by Crippen LogP contribution is 2.29. The molecular formula is C28H24N4O8S2. The second-order valence-corrected chi connectivity index (χ2v) is 11.3. The van der Waals surface area contributed by atoms with Crippen LogP contribution in [0.3, 0.4) is 0 Å². The quantitative estimate of drug-likeness (QED) is 0.108. The minimum absolute atomic E-state index is 0.0328. The summed E-state index contributed by atoms with van der Waals surface area (Å²) in [5.41, 5.74) is 1.31. The molecule has 0 bridgehead atoms. The van der Waals surface area contributed by atoms with Crippen LogP contribution in [0, 0.1) is 0 Å². The fraction of sp³-hybridized carbons (Fsp3) is 0.0714. The van der Waals surface area contributed by atoms with Crippen molar-refractivity contribution in [2.45, 2.75) is 9.79 Å². The van der Waals surface area contributed by atoms with E-state index in [2.05, 4.69) is 20.5 Å². The van der Waals surface area contributed by atoms with Crippen molar-refractivity contribution in [2.75, 3.05) is 14.2 Å². The Morgan fingerprint density at radius 1 is 0.524 bits per heavy atom. The van der Waals surface area contributed by atoms with Crippen molar-refractivity contribution >= 4 is 55.1 Å². The first-order chi connectivity index (χ1) is 20.0. The largest absolute Gasteiger partial charge is 0.497 e. The zero-order valence-electron chi connectivity index (χ0n) is 22.2. The SMILES string of the molecule is COc1ccc(N=Nc2ccc(C=Cc3ccc(N=Nc4ccc(OC)cc4)cc3S(=O)(=O)O)c(S(=O)(=O)O)c2)cc1. The molecule has 2 N–H and O–H groups in total. The zero-order chi connectivity index (χ0) is 30.3. The van der Waals surface area contributed by atoms with Crippen LogP contribution in [-0.2, 0) is 20.2 Å². The molecule has 4 rings (SSSR count). The van der Waals surface area contributed by atoms with Crippen molar-refractivity contribution < 1.29 is 35.4 Å². The van der Waals surface area contributed by atoms with E-state index in [4.69, 9.17) is 9.47 Å². The first-order valence-electron chi connectivity index (χ1n) is 12.0. The molecule has 0 aliphatic rings. The maximum absolute atomic E-state index is 12.1. The third-order valence-electron chi connectivity index (χ3n) is 5.70. The molecule has 0 radical (unpaired) electrons. The zero-order valence-corrected chi connectivity index (χ0v) is 23.8. The molecule has 0 fully saturated rings. The van der Waals surface area contributed by atoms with Crippen LogP contribution in [0.25, 0.3) is 12.2 Å². The molecule has 0 atom stereocenters. The molecule has 0 aliphatic heterocycles. The summed E-state index contributed by atoms with van der Waals surface area (Å²) >= 11 is 0. The highest BCUT2D eigenvalue weighted by atomic mass is 32.2. The highest BCUT2D eigenvalue weighted by molar-refractivity contribution is 7.86. The van der Waals surface area contributed by atoms with Gasteiger partial charge in [-0.3, -0.25) is 9.11 Å². The van der Waals surface area contributed by atoms with Crippen LogP contribution in [0.1, 0.15) is 11.1 Å². The lowest BCUT2D eigenvalue weighted by molar-refractivity contribution is 0.414. The Bertz CT molecular complexity index is 1750. The average molecular weight is 609 g/mol. The van der Waals surface area contributed by atoms with Crippen molar-refractivity contribution in [3.63, 3.8) is 0 Å². The van der Waals surface area contributed by atoms with Crippen LogP contribution in [-0.4, -0.2) is 40.2 Å². The molecule has 0 aliphatic carbocycles. The van der Waals surface area contributed by atoms with Crippen LogP contribution < -0.4 is 9.47 Å². The predicted octanol–water partition coefficient (Wildman–Crippen LogP) is 7.20. The van der Waals surface area contributed by atoms with Gasteiger partial charge in [0.1, 0.15) is 21.3 Å². The summed E-state index contributed by atoms with van der Waals surface area (Å²) in [6.07, 6.45) is 2.55. The predicted molar refractivity (Wildman–Crippen MR) is 156 cm³/mol. The van der Waals surface area contributed by atoms with Gasteiger partial charge in [0.05, 0.1) is 37.0 Å². The minimum Gasteiger partial charge on any atom is -0.497 e. The molecule has 0 saturated heterocycles. The molecule has 4 aromatic rings. The van der Waals surface area contributed by atoms with Crippen LogP contribution in [0.2, 0.25) is 0 Å². The fourth-order valence-electron chi connectivity index (χ4n) is 3.60. The molecule has 4 aromatic carbocycles. The Labute approximate surface area is 242 Å². The number of rotatable bonds is 10. The van der Waals surface area contributed by atoms with Gasteiger partial charge in [0.25, 0.3) is 20.2 Å². The molecule has 216 valence electrons. The topological polar surface area (TPSA) is 177 Å². The highest BCUT2D eigenvalue weighted by Gasteiger charge is 2.17. The van der Waals surface area contributed by atoms with Gasteiger partial charge in [0.15, 0.2) is 0 Å². The van der Waals surface area contributed by atoms with E-state index >= 15 is 0 Å². The van der Waals surface area contributed by atoms with E-state index in [1.807, 2.05) is 0 Å². The summed E-state index contributed by atoms with van der Waals surface area (Å²) in [4.78, 5) is -0.966. The number of azo groups is 2. The van der Waals surface area contributed by atoms with E-state index in [0.717, 1.165) is 12.1 Å². The van der Waals surface area contributed by atoms with Crippen LogP contribution in [0.4, 0.5) is 22.7 Å². The number of nitrogens with zero attached hydrogens (tertiary/aromatic N) is 4. The van der Waals surface area contributed by atoms with Crippen molar-refractivity contribution in [2.24, 2.45) is 20.5 Å². The number of ether oxygens (including phenoxy) is 2. The first-order valence-corrected chi connectivity index (χ1v) is 14.9. The van der Waals surface area contributed by atoms with Crippen LogP contribution >= 0.6 is 0 Å². The molecule has 0 unspecified atom stereocenters. The van der Waals surface area contributed by atoms with Crippen molar-refractivity contribution in [1.82, 2.24) is 0 Å². The summed E-state index contributed by atoms with van der Waals surface area (Å²) in [6, 6.07) is 21.3. The Hall–Kier alpha value is -4.76. The standard InChI is InChI=1S/C28H24N4O8S2/c1-39-25-13-9-21(10-14-25)29-31-23-7-5-19(27(17-23)41(33,34)35)3-4-20-6-8-24(18-28(20)42(36,37)38)32-30-22-11-15-26(40-2)16-12-22/h3-18H,1-2H3,(H,33,34,35)(H,36,37,38). The Morgan fingerprint density at radius 2 is 0.833 bits per heavy atom. The normalized spacial score (nSPS) is 12.4. The molecule has 0 heterocycles. The summed E-state index contributed by atoms with van der Waals surface area (Å²) in [5.74, 6) is 1.26. The first kappa shape index (κ1) is 30.2. The molecule has 0 saturated carbocycles. The number of methoxy groups -OCH3 is 2. The lowest BCUT2D eigenvalue weighted by atomic mass is 10.1. The smallest absolute Gasteiger partial charge is 0.295 e. The molecule has 12 nitrogen and oxygen atoms in total. The van der Waals surface area contributed by atoms with Crippen LogP contribution in [0.15, 0.2) is 115 Å². The van der Waals surface area contributed by atoms with Crippen molar-refractivity contribution in [3.8, 4) is 11.5 Å². The molecule has 0 amide bonds. The second-order valence-electron chi connectivity index (χ2n) is 8.52.